The Kier molecular flexibility index (Phi) is 7.20. The first-order valence-corrected chi connectivity index (χ1v) is 8.35. The number of carbonyl (C=O) groups excluding carboxylic acids is 2. The average Bonchev–Trinajstić information content (AvgIpc) is 2.44. The van der Waals surface area contributed by atoms with Gasteiger partial charge in [-0.15, -0.1) is 0 Å². The summed E-state index contributed by atoms with van der Waals surface area (Å²) in [6.45, 7) is 0.0969. The van der Waals surface area contributed by atoms with Crippen molar-refractivity contribution in [3.63, 3.8) is 0 Å². The van der Waals surface area contributed by atoms with Crippen LogP contribution < -0.4 is 11.1 Å². The van der Waals surface area contributed by atoms with Crippen molar-refractivity contribution in [2.45, 2.75) is 19.1 Å². The van der Waals surface area contributed by atoms with E-state index in [9.17, 15) is 14.2 Å². The van der Waals surface area contributed by atoms with Gasteiger partial charge in [-0.1, -0.05) is 30.3 Å². The van der Waals surface area contributed by atoms with Gasteiger partial charge in [0, 0.05) is 13.0 Å². The number of Topliss-reactive ketones (excluding diaryl/α,β-unsaturated/α-hetero) is 1. The van der Waals surface area contributed by atoms with Crippen molar-refractivity contribution >= 4 is 19.5 Å². The van der Waals surface area contributed by atoms with Gasteiger partial charge in [-0.3, -0.25) is 9.36 Å². The van der Waals surface area contributed by atoms with Crippen LogP contribution in [0.1, 0.15) is 12.0 Å². The molecule has 8 nitrogen and oxygen atoms in total. The van der Waals surface area contributed by atoms with Crippen LogP contribution in [0.15, 0.2) is 30.3 Å². The van der Waals surface area contributed by atoms with E-state index in [1.807, 2.05) is 18.2 Å². The van der Waals surface area contributed by atoms with Crippen LogP contribution in [-0.4, -0.2) is 40.4 Å². The summed E-state index contributed by atoms with van der Waals surface area (Å²) in [5.74, 6) is -0.535. The molecule has 0 spiro atoms. The van der Waals surface area contributed by atoms with E-state index in [1.54, 1.807) is 12.1 Å². The highest BCUT2D eigenvalue weighted by Gasteiger charge is 2.23. The molecule has 1 unspecified atom stereocenters. The minimum absolute atomic E-state index is 0.0126. The number of hydrogen-bond donors (Lipinski definition) is 4. The van der Waals surface area contributed by atoms with Crippen LogP contribution in [0.2, 0.25) is 0 Å². The summed E-state index contributed by atoms with van der Waals surface area (Å²) in [4.78, 5) is 40.4. The number of ketones is 1. The van der Waals surface area contributed by atoms with Crippen LogP contribution in [0.3, 0.4) is 0 Å². The molecule has 1 atom stereocenters. The van der Waals surface area contributed by atoms with Crippen molar-refractivity contribution in [2.75, 3.05) is 12.7 Å². The maximum atomic E-state index is 11.5. The van der Waals surface area contributed by atoms with Gasteiger partial charge in [-0.05, 0) is 5.56 Å². The zero-order valence-electron chi connectivity index (χ0n) is 11.8. The first kappa shape index (κ1) is 18.3. The number of nitrogens with one attached hydrogen (secondary N) is 1. The van der Waals surface area contributed by atoms with Crippen LogP contribution in [0.5, 0.6) is 0 Å². The number of benzene rings is 1. The second-order valence-corrected chi connectivity index (χ2v) is 6.35. The third kappa shape index (κ3) is 7.90. The number of alkyl carbamates (subject to hydrolysis) is 1. The first-order valence-electron chi connectivity index (χ1n) is 6.55. The lowest BCUT2D eigenvalue weighted by Gasteiger charge is -2.12. The molecular weight excluding hydrogens is 311 g/mol. The molecule has 0 aliphatic rings. The summed E-state index contributed by atoms with van der Waals surface area (Å²) < 4.78 is 15.7. The van der Waals surface area contributed by atoms with Gasteiger partial charge in [0.05, 0.1) is 12.2 Å². The predicted molar refractivity (Wildman–Crippen MR) is 79.1 cm³/mol. The van der Waals surface area contributed by atoms with Crippen LogP contribution in [0.4, 0.5) is 4.79 Å². The van der Waals surface area contributed by atoms with Crippen molar-refractivity contribution in [3.05, 3.63) is 35.9 Å². The second kappa shape index (κ2) is 8.65. The van der Waals surface area contributed by atoms with E-state index in [1.165, 1.54) is 0 Å². The lowest BCUT2D eigenvalue weighted by molar-refractivity contribution is -0.119. The molecule has 0 fully saturated rings. The number of nitrogens with two attached hydrogens (primary N) is 1. The number of hydrogen-bond acceptors (Lipinski definition) is 5. The Morgan fingerprint density at radius 2 is 1.91 bits per heavy atom. The quantitative estimate of drug-likeness (QED) is 0.505. The summed E-state index contributed by atoms with van der Waals surface area (Å²) in [5, 5.41) is 2.37. The van der Waals surface area contributed by atoms with Crippen LogP contribution in [0.25, 0.3) is 0 Å². The SMILES string of the molecule is NC(CP(=O)(O)O)C(=O)CCNC(=O)OCc1ccccc1. The standard InChI is InChI=1S/C13H19N2O6P/c14-11(9-22(18,19)20)12(16)6-7-15-13(17)21-8-10-4-2-1-3-5-10/h1-5,11H,6-9,14H2,(H,15,17)(H2,18,19,20). The summed E-state index contributed by atoms with van der Waals surface area (Å²) in [6, 6.07) is 7.84. The third-order valence-electron chi connectivity index (χ3n) is 2.70. The Labute approximate surface area is 127 Å². The monoisotopic (exact) mass is 330 g/mol. The van der Waals surface area contributed by atoms with E-state index in [4.69, 9.17) is 20.3 Å². The molecule has 0 bridgehead atoms. The van der Waals surface area contributed by atoms with E-state index in [0.717, 1.165) is 5.56 Å². The smallest absolute Gasteiger partial charge is 0.407 e. The third-order valence-corrected chi connectivity index (χ3v) is 3.57. The molecule has 0 saturated carbocycles. The molecule has 0 radical (unpaired) electrons. The van der Waals surface area contributed by atoms with E-state index in [-0.39, 0.29) is 19.6 Å². The molecule has 0 saturated heterocycles. The molecule has 0 heterocycles. The van der Waals surface area contributed by atoms with Crippen molar-refractivity contribution in [1.29, 1.82) is 0 Å². The molecule has 122 valence electrons. The van der Waals surface area contributed by atoms with Crippen LogP contribution in [0, 0.1) is 0 Å². The fraction of sp³-hybridized carbons (Fsp3) is 0.385. The Bertz CT molecular complexity index is 545. The van der Waals surface area contributed by atoms with Gasteiger partial charge in [0.2, 0.25) is 0 Å². The summed E-state index contributed by atoms with van der Waals surface area (Å²) in [5.41, 5.74) is 6.20. The lowest BCUT2D eigenvalue weighted by Crippen LogP contribution is -2.36. The zero-order chi connectivity index (χ0) is 16.6. The Balaban J connectivity index is 2.22. The van der Waals surface area contributed by atoms with Crippen LogP contribution >= 0.6 is 7.60 Å². The van der Waals surface area contributed by atoms with Gasteiger partial charge in [-0.2, -0.15) is 0 Å². The van der Waals surface area contributed by atoms with Crippen molar-refractivity contribution in [1.82, 2.24) is 5.32 Å². The minimum atomic E-state index is -4.33. The Hall–Kier alpha value is -1.73. The summed E-state index contributed by atoms with van der Waals surface area (Å²) >= 11 is 0. The number of amides is 1. The van der Waals surface area contributed by atoms with Gasteiger partial charge in [0.1, 0.15) is 6.61 Å². The molecule has 0 aromatic heterocycles. The van der Waals surface area contributed by atoms with Gasteiger partial charge in [-0.25, -0.2) is 4.79 Å². The van der Waals surface area contributed by atoms with Gasteiger partial charge >= 0.3 is 13.7 Å². The largest absolute Gasteiger partial charge is 0.445 e. The average molecular weight is 330 g/mol. The molecule has 0 aliphatic carbocycles. The van der Waals surface area contributed by atoms with Gasteiger partial charge in [0.15, 0.2) is 5.78 Å². The number of rotatable bonds is 8. The highest BCUT2D eigenvalue weighted by molar-refractivity contribution is 7.51. The molecule has 22 heavy (non-hydrogen) atoms. The fourth-order valence-electron chi connectivity index (χ4n) is 1.61. The predicted octanol–water partition coefficient (Wildman–Crippen LogP) is 0.377. The highest BCUT2D eigenvalue weighted by Crippen LogP contribution is 2.34. The summed E-state index contributed by atoms with van der Waals surface area (Å²) in [6.07, 6.45) is -1.51. The fourth-order valence-corrected chi connectivity index (χ4v) is 2.32. The summed E-state index contributed by atoms with van der Waals surface area (Å²) in [7, 11) is -4.33. The number of ether oxygens (including phenoxy) is 1. The van der Waals surface area contributed by atoms with E-state index >= 15 is 0 Å². The molecule has 1 aromatic rings. The van der Waals surface area contributed by atoms with Gasteiger partial charge in [0.25, 0.3) is 0 Å². The first-order chi connectivity index (χ1) is 10.3. The van der Waals surface area contributed by atoms with Crippen molar-refractivity contribution in [3.8, 4) is 0 Å². The maximum Gasteiger partial charge on any atom is 0.407 e. The number of carbonyl (C=O) groups is 2. The van der Waals surface area contributed by atoms with Crippen molar-refractivity contribution < 1.29 is 28.7 Å². The van der Waals surface area contributed by atoms with E-state index < -0.39 is 31.7 Å². The minimum Gasteiger partial charge on any atom is -0.445 e. The molecule has 0 aliphatic heterocycles. The lowest BCUT2D eigenvalue weighted by atomic mass is 10.2. The maximum absolute atomic E-state index is 11.5. The molecular formula is C13H19N2O6P. The highest BCUT2D eigenvalue weighted by atomic mass is 31.2. The second-order valence-electron chi connectivity index (χ2n) is 4.66. The van der Waals surface area contributed by atoms with Gasteiger partial charge < -0.3 is 25.6 Å². The Morgan fingerprint density at radius 3 is 2.50 bits per heavy atom. The zero-order valence-corrected chi connectivity index (χ0v) is 12.7. The molecule has 1 amide bonds. The molecule has 5 N–H and O–H groups in total. The van der Waals surface area contributed by atoms with Crippen LogP contribution in [-0.2, 0) is 20.7 Å². The van der Waals surface area contributed by atoms with Crippen molar-refractivity contribution in [2.24, 2.45) is 5.73 Å². The molecule has 1 aromatic carbocycles. The normalized spacial score (nSPS) is 12.5. The van der Waals surface area contributed by atoms with E-state index in [0.29, 0.717) is 0 Å². The van der Waals surface area contributed by atoms with E-state index in [2.05, 4.69) is 5.32 Å². The topological polar surface area (TPSA) is 139 Å². The Morgan fingerprint density at radius 1 is 1.27 bits per heavy atom. The molecule has 9 heteroatoms. The molecule has 1 rings (SSSR count).